The fourth-order valence-electron chi connectivity index (χ4n) is 2.03. The molecule has 1 aromatic carbocycles. The summed E-state index contributed by atoms with van der Waals surface area (Å²) in [5.41, 5.74) is 1.74. The molecule has 5 heteroatoms. The summed E-state index contributed by atoms with van der Waals surface area (Å²) in [6, 6.07) is 5.68. The van der Waals surface area contributed by atoms with Gasteiger partial charge in [-0.3, -0.25) is 0 Å². The molecule has 0 atom stereocenters. The van der Waals surface area contributed by atoms with Crippen LogP contribution in [-0.2, 0) is 15.4 Å². The van der Waals surface area contributed by atoms with E-state index >= 15 is 0 Å². The number of nitrogens with one attached hydrogen (secondary N) is 2. The number of sulfonamides is 1. The second-order valence-corrected chi connectivity index (χ2v) is 8.07. The maximum absolute atomic E-state index is 12.4. The van der Waals surface area contributed by atoms with Gasteiger partial charge in [0.15, 0.2) is 0 Å². The molecular formula is C16H28N2O2S. The maximum atomic E-state index is 12.4. The van der Waals surface area contributed by atoms with Gasteiger partial charge in [0.25, 0.3) is 0 Å². The molecule has 4 nitrogen and oxygen atoms in total. The van der Waals surface area contributed by atoms with Gasteiger partial charge in [0.05, 0.1) is 4.90 Å². The Morgan fingerprint density at radius 3 is 2.38 bits per heavy atom. The Balaban J connectivity index is 2.87. The molecule has 0 aliphatic carbocycles. The molecule has 0 amide bonds. The Labute approximate surface area is 129 Å². The third-order valence-electron chi connectivity index (χ3n) is 3.42. The first-order valence-corrected chi connectivity index (χ1v) is 8.98. The smallest absolute Gasteiger partial charge is 0.240 e. The number of rotatable bonds is 7. The lowest BCUT2D eigenvalue weighted by atomic mass is 9.87. The van der Waals surface area contributed by atoms with Crippen LogP contribution in [0, 0.1) is 6.92 Å². The van der Waals surface area contributed by atoms with Crippen LogP contribution in [0.25, 0.3) is 0 Å². The molecule has 0 aromatic heterocycles. The molecule has 2 N–H and O–H groups in total. The third-order valence-corrected chi connectivity index (χ3v) is 5.02. The van der Waals surface area contributed by atoms with Gasteiger partial charge in [-0.2, -0.15) is 0 Å². The predicted molar refractivity (Wildman–Crippen MR) is 88.2 cm³/mol. The Morgan fingerprint density at radius 1 is 1.14 bits per heavy atom. The first-order valence-electron chi connectivity index (χ1n) is 7.50. The summed E-state index contributed by atoms with van der Waals surface area (Å²) in [6.45, 7) is 12.3. The first-order chi connectivity index (χ1) is 9.68. The van der Waals surface area contributed by atoms with Crippen molar-refractivity contribution in [3.05, 3.63) is 29.3 Å². The van der Waals surface area contributed by atoms with Crippen LogP contribution < -0.4 is 10.0 Å². The number of benzene rings is 1. The molecule has 0 saturated heterocycles. The van der Waals surface area contributed by atoms with Crippen molar-refractivity contribution in [3.8, 4) is 0 Å². The fourth-order valence-corrected chi connectivity index (χ4v) is 3.37. The van der Waals surface area contributed by atoms with E-state index in [2.05, 4.69) is 30.8 Å². The number of hydrogen-bond donors (Lipinski definition) is 2. The molecule has 0 fully saturated rings. The van der Waals surface area contributed by atoms with Gasteiger partial charge in [-0.25, -0.2) is 13.1 Å². The highest BCUT2D eigenvalue weighted by Gasteiger charge is 2.20. The topological polar surface area (TPSA) is 58.2 Å². The van der Waals surface area contributed by atoms with E-state index in [1.165, 1.54) is 0 Å². The lowest BCUT2D eigenvalue weighted by molar-refractivity contribution is 0.570. The van der Waals surface area contributed by atoms with Crippen molar-refractivity contribution < 1.29 is 8.42 Å². The van der Waals surface area contributed by atoms with Crippen LogP contribution in [0.1, 0.15) is 45.2 Å². The Bertz CT molecular complexity index is 560. The zero-order valence-corrected chi connectivity index (χ0v) is 14.6. The predicted octanol–water partition coefficient (Wildman–Crippen LogP) is 2.57. The molecular weight excluding hydrogens is 284 g/mol. The summed E-state index contributed by atoms with van der Waals surface area (Å²) in [5, 5.41) is 3.18. The molecule has 120 valence electrons. The van der Waals surface area contributed by atoms with E-state index in [9.17, 15) is 8.42 Å². The highest BCUT2D eigenvalue weighted by molar-refractivity contribution is 7.89. The molecule has 0 unspecified atom stereocenters. The van der Waals surface area contributed by atoms with Gasteiger partial charge in [0, 0.05) is 6.54 Å². The van der Waals surface area contributed by atoms with E-state index in [4.69, 9.17) is 0 Å². The molecule has 0 spiro atoms. The lowest BCUT2D eigenvalue weighted by Gasteiger charge is -2.21. The van der Waals surface area contributed by atoms with Crippen molar-refractivity contribution in [3.63, 3.8) is 0 Å². The normalized spacial score (nSPS) is 12.6. The van der Waals surface area contributed by atoms with Crippen molar-refractivity contribution in [1.82, 2.24) is 10.0 Å². The average molecular weight is 312 g/mol. The Kier molecular flexibility index (Phi) is 6.38. The van der Waals surface area contributed by atoms with Crippen LogP contribution in [0.15, 0.2) is 23.1 Å². The van der Waals surface area contributed by atoms with E-state index in [0.29, 0.717) is 11.4 Å². The summed E-state index contributed by atoms with van der Waals surface area (Å²) < 4.78 is 27.6. The van der Waals surface area contributed by atoms with E-state index in [-0.39, 0.29) is 5.41 Å². The average Bonchev–Trinajstić information content (AvgIpc) is 2.37. The van der Waals surface area contributed by atoms with Gasteiger partial charge in [-0.15, -0.1) is 0 Å². The summed E-state index contributed by atoms with van der Waals surface area (Å²) in [4.78, 5) is 0.387. The molecule has 21 heavy (non-hydrogen) atoms. The minimum atomic E-state index is -3.44. The summed E-state index contributed by atoms with van der Waals surface area (Å²) >= 11 is 0. The van der Waals surface area contributed by atoms with Gasteiger partial charge in [-0.1, -0.05) is 39.8 Å². The highest BCUT2D eigenvalue weighted by Crippen LogP contribution is 2.26. The van der Waals surface area contributed by atoms with Crippen LogP contribution >= 0.6 is 0 Å². The quantitative estimate of drug-likeness (QED) is 0.761. The van der Waals surface area contributed by atoms with Gasteiger partial charge in [0.1, 0.15) is 0 Å². The zero-order chi connectivity index (χ0) is 16.1. The summed E-state index contributed by atoms with van der Waals surface area (Å²) in [5.74, 6) is 0. The van der Waals surface area contributed by atoms with Gasteiger partial charge >= 0.3 is 0 Å². The van der Waals surface area contributed by atoms with Crippen molar-refractivity contribution in [1.29, 1.82) is 0 Å². The second kappa shape index (κ2) is 7.38. The minimum Gasteiger partial charge on any atom is -0.317 e. The van der Waals surface area contributed by atoms with Crippen molar-refractivity contribution >= 4 is 10.0 Å². The zero-order valence-electron chi connectivity index (χ0n) is 13.8. The third kappa shape index (κ3) is 5.41. The van der Waals surface area contributed by atoms with Crippen LogP contribution in [0.2, 0.25) is 0 Å². The van der Waals surface area contributed by atoms with Crippen LogP contribution in [0.5, 0.6) is 0 Å². The van der Waals surface area contributed by atoms with E-state index in [1.807, 2.05) is 26.0 Å². The molecule has 0 radical (unpaired) electrons. The molecule has 0 aliphatic heterocycles. The van der Waals surface area contributed by atoms with E-state index in [1.54, 1.807) is 6.07 Å². The summed E-state index contributed by atoms with van der Waals surface area (Å²) in [6.07, 6.45) is 0.783. The standard InChI is InChI=1S/C16H28N2O2S/c1-6-17-10-7-11-18-21(19,20)15-12-14(16(3,4)5)9-8-13(15)2/h8-9,12,17-18H,6-7,10-11H2,1-5H3. The Morgan fingerprint density at radius 2 is 1.81 bits per heavy atom. The van der Waals surface area contributed by atoms with Crippen LogP contribution in [-0.4, -0.2) is 28.1 Å². The molecule has 1 rings (SSSR count). The van der Waals surface area contributed by atoms with Gasteiger partial charge in [0.2, 0.25) is 10.0 Å². The van der Waals surface area contributed by atoms with Crippen LogP contribution in [0.4, 0.5) is 0 Å². The second-order valence-electron chi connectivity index (χ2n) is 6.34. The Hall–Kier alpha value is -0.910. The number of aryl methyl sites for hydroxylation is 1. The van der Waals surface area contributed by atoms with Crippen LogP contribution in [0.3, 0.4) is 0 Å². The molecule has 0 saturated carbocycles. The van der Waals surface area contributed by atoms with Crippen molar-refractivity contribution in [2.45, 2.75) is 51.3 Å². The maximum Gasteiger partial charge on any atom is 0.240 e. The summed E-state index contributed by atoms with van der Waals surface area (Å²) in [7, 11) is -3.44. The first kappa shape index (κ1) is 18.1. The van der Waals surface area contributed by atoms with Gasteiger partial charge in [-0.05, 0) is 49.0 Å². The molecule has 0 heterocycles. The van der Waals surface area contributed by atoms with Crippen molar-refractivity contribution in [2.75, 3.05) is 19.6 Å². The molecule has 0 bridgehead atoms. The lowest BCUT2D eigenvalue weighted by Crippen LogP contribution is -2.28. The molecule has 0 aliphatic rings. The number of hydrogen-bond acceptors (Lipinski definition) is 3. The minimum absolute atomic E-state index is 0.0665. The molecule has 1 aromatic rings. The van der Waals surface area contributed by atoms with Gasteiger partial charge < -0.3 is 5.32 Å². The highest BCUT2D eigenvalue weighted by atomic mass is 32.2. The monoisotopic (exact) mass is 312 g/mol. The van der Waals surface area contributed by atoms with Crippen molar-refractivity contribution in [2.24, 2.45) is 0 Å². The largest absolute Gasteiger partial charge is 0.317 e. The fraction of sp³-hybridized carbons (Fsp3) is 0.625. The van der Waals surface area contributed by atoms with E-state index in [0.717, 1.165) is 30.6 Å². The van der Waals surface area contributed by atoms with E-state index < -0.39 is 10.0 Å². The SMILES string of the molecule is CCNCCCNS(=O)(=O)c1cc(C(C)(C)C)ccc1C.